The summed E-state index contributed by atoms with van der Waals surface area (Å²) in [5.41, 5.74) is 2.19. The van der Waals surface area contributed by atoms with Crippen LogP contribution in [-0.2, 0) is 6.54 Å². The van der Waals surface area contributed by atoms with Crippen molar-refractivity contribution in [2.75, 3.05) is 6.54 Å². The first-order chi connectivity index (χ1) is 10.0. The molecular formula is C17H21ClN2O. The van der Waals surface area contributed by atoms with Crippen molar-refractivity contribution in [1.29, 1.82) is 0 Å². The van der Waals surface area contributed by atoms with Crippen LogP contribution in [0.3, 0.4) is 0 Å². The second kappa shape index (κ2) is 7.43. The van der Waals surface area contributed by atoms with Gasteiger partial charge in [0.15, 0.2) is 0 Å². The molecule has 0 atom stereocenters. The quantitative estimate of drug-likeness (QED) is 0.848. The zero-order valence-corrected chi connectivity index (χ0v) is 13.4. The highest BCUT2D eigenvalue weighted by Gasteiger charge is 2.05. The molecule has 0 aliphatic heterocycles. The fourth-order valence-electron chi connectivity index (χ4n) is 1.92. The Labute approximate surface area is 131 Å². The maximum Gasteiger partial charge on any atom is 0.219 e. The highest BCUT2D eigenvalue weighted by atomic mass is 35.5. The molecule has 0 spiro atoms. The molecule has 0 aliphatic carbocycles. The Balaban J connectivity index is 2.05. The average molecular weight is 305 g/mol. The lowest BCUT2D eigenvalue weighted by Crippen LogP contribution is -2.18. The lowest BCUT2D eigenvalue weighted by atomic mass is 10.2. The van der Waals surface area contributed by atoms with E-state index < -0.39 is 0 Å². The van der Waals surface area contributed by atoms with Gasteiger partial charge in [-0.15, -0.1) is 0 Å². The normalized spacial score (nSPS) is 10.9. The number of aryl methyl sites for hydroxylation is 1. The van der Waals surface area contributed by atoms with Crippen molar-refractivity contribution in [2.45, 2.75) is 27.3 Å². The van der Waals surface area contributed by atoms with Crippen molar-refractivity contribution >= 4 is 11.6 Å². The van der Waals surface area contributed by atoms with Gasteiger partial charge >= 0.3 is 0 Å². The Bertz CT molecular complexity index is 599. The summed E-state index contributed by atoms with van der Waals surface area (Å²) < 4.78 is 5.83. The van der Waals surface area contributed by atoms with E-state index in [-0.39, 0.29) is 0 Å². The summed E-state index contributed by atoms with van der Waals surface area (Å²) in [6.07, 6.45) is 1.77. The van der Waals surface area contributed by atoms with Crippen LogP contribution in [-0.4, -0.2) is 11.5 Å². The molecule has 3 nitrogen and oxygen atoms in total. The number of aromatic nitrogens is 1. The number of nitrogens with zero attached hydrogens (tertiary/aromatic N) is 1. The molecule has 0 saturated carbocycles. The summed E-state index contributed by atoms with van der Waals surface area (Å²) >= 11 is 6.00. The number of ether oxygens (including phenoxy) is 1. The van der Waals surface area contributed by atoms with Gasteiger partial charge < -0.3 is 10.1 Å². The summed E-state index contributed by atoms with van der Waals surface area (Å²) in [5, 5.41) is 4.07. The van der Waals surface area contributed by atoms with Gasteiger partial charge in [-0.2, -0.15) is 0 Å². The molecule has 0 fully saturated rings. The lowest BCUT2D eigenvalue weighted by molar-refractivity contribution is 0.458. The third-order valence-corrected chi connectivity index (χ3v) is 3.28. The minimum Gasteiger partial charge on any atom is -0.439 e. The van der Waals surface area contributed by atoms with E-state index in [2.05, 4.69) is 24.1 Å². The van der Waals surface area contributed by atoms with E-state index in [9.17, 15) is 0 Å². The van der Waals surface area contributed by atoms with Crippen molar-refractivity contribution in [3.63, 3.8) is 0 Å². The predicted octanol–water partition coefficient (Wildman–Crippen LogP) is 4.58. The van der Waals surface area contributed by atoms with Crippen LogP contribution in [0.5, 0.6) is 11.6 Å². The number of hydrogen-bond acceptors (Lipinski definition) is 3. The first-order valence-electron chi connectivity index (χ1n) is 7.14. The first kappa shape index (κ1) is 15.8. The number of halogens is 1. The number of hydrogen-bond donors (Lipinski definition) is 1. The van der Waals surface area contributed by atoms with Gasteiger partial charge in [-0.05, 0) is 48.7 Å². The number of nitrogens with one attached hydrogen (secondary N) is 1. The van der Waals surface area contributed by atoms with Crippen LogP contribution in [0, 0.1) is 12.8 Å². The summed E-state index contributed by atoms with van der Waals surface area (Å²) in [7, 11) is 0. The summed E-state index contributed by atoms with van der Waals surface area (Å²) in [4.78, 5) is 4.26. The SMILES string of the molecule is Cc1ccc(Cl)cc1Oc1cc(CNCC(C)C)ccn1. The molecule has 0 bridgehead atoms. The van der Waals surface area contributed by atoms with Crippen molar-refractivity contribution < 1.29 is 4.74 Å². The van der Waals surface area contributed by atoms with Crippen LogP contribution in [0.15, 0.2) is 36.5 Å². The van der Waals surface area contributed by atoms with Crippen LogP contribution in [0.4, 0.5) is 0 Å². The second-order valence-electron chi connectivity index (χ2n) is 5.54. The van der Waals surface area contributed by atoms with E-state index in [1.165, 1.54) is 0 Å². The van der Waals surface area contributed by atoms with Crippen molar-refractivity contribution in [3.8, 4) is 11.6 Å². The minimum absolute atomic E-state index is 0.587. The molecule has 0 amide bonds. The maximum absolute atomic E-state index is 6.00. The third-order valence-electron chi connectivity index (χ3n) is 3.05. The molecule has 0 unspecified atom stereocenters. The fraction of sp³-hybridized carbons (Fsp3) is 0.353. The molecule has 2 aromatic rings. The van der Waals surface area contributed by atoms with Crippen LogP contribution >= 0.6 is 11.6 Å². The summed E-state index contributed by atoms with van der Waals surface area (Å²) in [6.45, 7) is 8.17. The van der Waals surface area contributed by atoms with Gasteiger partial charge in [-0.3, -0.25) is 0 Å². The molecular weight excluding hydrogens is 284 g/mol. The van der Waals surface area contributed by atoms with Crippen molar-refractivity contribution in [3.05, 3.63) is 52.7 Å². The molecule has 0 saturated heterocycles. The van der Waals surface area contributed by atoms with Gasteiger partial charge in [0.1, 0.15) is 5.75 Å². The Hall–Kier alpha value is -1.58. The van der Waals surface area contributed by atoms with Crippen LogP contribution < -0.4 is 10.1 Å². The maximum atomic E-state index is 6.00. The second-order valence-corrected chi connectivity index (χ2v) is 5.98. The highest BCUT2D eigenvalue weighted by molar-refractivity contribution is 6.30. The van der Waals surface area contributed by atoms with Gasteiger partial charge in [-0.1, -0.05) is 31.5 Å². The van der Waals surface area contributed by atoms with Gasteiger partial charge in [0.25, 0.3) is 0 Å². The van der Waals surface area contributed by atoms with E-state index in [4.69, 9.17) is 16.3 Å². The van der Waals surface area contributed by atoms with E-state index >= 15 is 0 Å². The van der Waals surface area contributed by atoms with Crippen molar-refractivity contribution in [2.24, 2.45) is 5.92 Å². The predicted molar refractivity (Wildman–Crippen MR) is 87.0 cm³/mol. The van der Waals surface area contributed by atoms with E-state index in [1.54, 1.807) is 6.20 Å². The molecule has 112 valence electrons. The Morgan fingerprint density at radius 1 is 1.24 bits per heavy atom. The number of pyridine rings is 1. The van der Waals surface area contributed by atoms with Gasteiger partial charge in [0, 0.05) is 23.8 Å². The third kappa shape index (κ3) is 5.03. The van der Waals surface area contributed by atoms with Gasteiger partial charge in [0.05, 0.1) is 0 Å². The zero-order valence-electron chi connectivity index (χ0n) is 12.7. The Kier molecular flexibility index (Phi) is 5.59. The monoisotopic (exact) mass is 304 g/mol. The largest absolute Gasteiger partial charge is 0.439 e. The number of rotatable bonds is 6. The summed E-state index contributed by atoms with van der Waals surface area (Å²) in [5.74, 6) is 1.96. The number of benzene rings is 1. The van der Waals surface area contributed by atoms with Gasteiger partial charge in [-0.25, -0.2) is 4.98 Å². The molecule has 1 aromatic heterocycles. The van der Waals surface area contributed by atoms with E-state index in [0.717, 1.165) is 30.0 Å². The molecule has 0 aliphatic rings. The standard InChI is InChI=1S/C17H21ClN2O/c1-12(2)10-19-11-14-6-7-20-17(8-14)21-16-9-15(18)5-4-13(16)3/h4-9,12,19H,10-11H2,1-3H3. The smallest absolute Gasteiger partial charge is 0.219 e. The molecule has 4 heteroatoms. The highest BCUT2D eigenvalue weighted by Crippen LogP contribution is 2.27. The molecule has 1 N–H and O–H groups in total. The fourth-order valence-corrected chi connectivity index (χ4v) is 2.08. The first-order valence-corrected chi connectivity index (χ1v) is 7.52. The Morgan fingerprint density at radius 2 is 2.05 bits per heavy atom. The zero-order chi connectivity index (χ0) is 15.2. The molecule has 1 heterocycles. The minimum atomic E-state index is 0.587. The van der Waals surface area contributed by atoms with E-state index in [1.807, 2.05) is 37.3 Å². The van der Waals surface area contributed by atoms with Crippen molar-refractivity contribution in [1.82, 2.24) is 10.3 Å². The summed E-state index contributed by atoms with van der Waals surface area (Å²) in [6, 6.07) is 9.54. The topological polar surface area (TPSA) is 34.1 Å². The molecule has 21 heavy (non-hydrogen) atoms. The average Bonchev–Trinajstić information content (AvgIpc) is 2.43. The molecule has 2 rings (SSSR count). The Morgan fingerprint density at radius 3 is 2.81 bits per heavy atom. The molecule has 0 radical (unpaired) electrons. The van der Waals surface area contributed by atoms with Gasteiger partial charge in [0.2, 0.25) is 5.88 Å². The van der Waals surface area contributed by atoms with Crippen LogP contribution in [0.25, 0.3) is 0 Å². The van der Waals surface area contributed by atoms with Crippen LogP contribution in [0.1, 0.15) is 25.0 Å². The van der Waals surface area contributed by atoms with E-state index in [0.29, 0.717) is 16.8 Å². The lowest BCUT2D eigenvalue weighted by Gasteiger charge is -2.10. The molecule has 1 aromatic carbocycles. The van der Waals surface area contributed by atoms with Crippen LogP contribution in [0.2, 0.25) is 5.02 Å².